The third-order valence-electron chi connectivity index (χ3n) is 2.60. The molecule has 3 rings (SSSR count). The van der Waals surface area contributed by atoms with E-state index in [1.807, 2.05) is 11.4 Å². The summed E-state index contributed by atoms with van der Waals surface area (Å²) in [6, 6.07) is 3.55. The number of nitrogens with zero attached hydrogens (tertiary/aromatic N) is 3. The fraction of sp³-hybridized carbons (Fsp3) is 0.0909. The smallest absolute Gasteiger partial charge is 0.319 e. The molecule has 6 nitrogen and oxygen atoms in total. The summed E-state index contributed by atoms with van der Waals surface area (Å²) in [6.45, 7) is 0.458. The van der Waals surface area contributed by atoms with Gasteiger partial charge in [0.15, 0.2) is 5.52 Å². The van der Waals surface area contributed by atoms with E-state index in [1.54, 1.807) is 17.1 Å². The Hall–Kier alpha value is -2.06. The monoisotopic (exact) mass is 292 g/mol. The summed E-state index contributed by atoms with van der Waals surface area (Å²) < 4.78 is 0.811. The number of hydrogen-bond donors (Lipinski definition) is 1. The largest absolute Gasteiger partial charge is 0.374 e. The Morgan fingerprint density at radius 3 is 2.95 bits per heavy atom. The lowest BCUT2D eigenvalue weighted by atomic mass is 10.2. The molecule has 0 aliphatic heterocycles. The number of nitro benzene ring substituents is 1. The molecule has 0 atom stereocenters. The molecular weight excluding hydrogens is 284 g/mol. The molecule has 0 saturated heterocycles. The van der Waals surface area contributed by atoms with Gasteiger partial charge in [0, 0.05) is 5.38 Å². The summed E-state index contributed by atoms with van der Waals surface area (Å²) in [4.78, 5) is 19.0. The summed E-state index contributed by atoms with van der Waals surface area (Å²) >= 11 is 2.88. The minimum absolute atomic E-state index is 0.0222. The Balaban J connectivity index is 1.97. The van der Waals surface area contributed by atoms with Gasteiger partial charge in [-0.3, -0.25) is 10.1 Å². The Morgan fingerprint density at radius 1 is 1.32 bits per heavy atom. The Kier molecular flexibility index (Phi) is 3.10. The van der Waals surface area contributed by atoms with Gasteiger partial charge < -0.3 is 5.32 Å². The molecule has 0 radical (unpaired) electrons. The van der Waals surface area contributed by atoms with Gasteiger partial charge in [-0.2, -0.15) is 0 Å². The highest BCUT2D eigenvalue weighted by Gasteiger charge is 2.20. The van der Waals surface area contributed by atoms with Crippen molar-refractivity contribution in [2.24, 2.45) is 0 Å². The molecule has 0 bridgehead atoms. The van der Waals surface area contributed by atoms with Crippen molar-refractivity contribution in [2.45, 2.75) is 6.54 Å². The van der Waals surface area contributed by atoms with Crippen molar-refractivity contribution in [2.75, 3.05) is 5.32 Å². The standard InChI is InChI=1S/C11H8N4O2S2/c16-15(17)11-8(12-3-7-4-18-5-13-7)1-2-9-10(11)14-6-19-9/h1-2,4-6,12H,3H2. The minimum Gasteiger partial charge on any atom is -0.374 e. The quantitative estimate of drug-likeness (QED) is 0.589. The molecule has 2 heterocycles. The van der Waals surface area contributed by atoms with E-state index in [9.17, 15) is 10.1 Å². The van der Waals surface area contributed by atoms with E-state index in [1.165, 1.54) is 22.7 Å². The summed E-state index contributed by atoms with van der Waals surface area (Å²) in [6.07, 6.45) is 0. The number of hydrogen-bond acceptors (Lipinski definition) is 7. The first-order valence-electron chi connectivity index (χ1n) is 5.37. The molecule has 8 heteroatoms. The maximum Gasteiger partial charge on any atom is 0.319 e. The van der Waals surface area contributed by atoms with E-state index in [0.29, 0.717) is 17.7 Å². The van der Waals surface area contributed by atoms with Crippen LogP contribution in [0.2, 0.25) is 0 Å². The van der Waals surface area contributed by atoms with Gasteiger partial charge in [-0.25, -0.2) is 9.97 Å². The third-order valence-corrected chi connectivity index (χ3v) is 4.03. The van der Waals surface area contributed by atoms with Gasteiger partial charge in [0.2, 0.25) is 0 Å². The van der Waals surface area contributed by atoms with Crippen molar-refractivity contribution < 1.29 is 4.92 Å². The second-order valence-electron chi connectivity index (χ2n) is 3.75. The lowest BCUT2D eigenvalue weighted by Crippen LogP contribution is -2.03. The molecule has 0 saturated carbocycles. The third kappa shape index (κ3) is 2.27. The normalized spacial score (nSPS) is 10.7. The molecule has 1 aromatic carbocycles. The highest BCUT2D eigenvalue weighted by Crippen LogP contribution is 2.34. The number of benzene rings is 1. The first kappa shape index (κ1) is 12.0. The van der Waals surface area contributed by atoms with Gasteiger partial charge in [-0.15, -0.1) is 22.7 Å². The van der Waals surface area contributed by atoms with Crippen LogP contribution < -0.4 is 5.32 Å². The number of thiazole rings is 2. The van der Waals surface area contributed by atoms with Crippen LogP contribution in [0.15, 0.2) is 28.5 Å². The van der Waals surface area contributed by atoms with Gasteiger partial charge in [0.05, 0.1) is 32.9 Å². The maximum atomic E-state index is 11.2. The fourth-order valence-electron chi connectivity index (χ4n) is 1.75. The minimum atomic E-state index is -0.397. The summed E-state index contributed by atoms with van der Waals surface area (Å²) in [5.41, 5.74) is 5.12. The van der Waals surface area contributed by atoms with E-state index in [2.05, 4.69) is 15.3 Å². The van der Waals surface area contributed by atoms with Crippen LogP contribution in [0.25, 0.3) is 10.2 Å². The fourth-order valence-corrected chi connectivity index (χ4v) is 2.99. The highest BCUT2D eigenvalue weighted by atomic mass is 32.1. The maximum absolute atomic E-state index is 11.2. The van der Waals surface area contributed by atoms with Gasteiger partial charge in [-0.05, 0) is 12.1 Å². The van der Waals surface area contributed by atoms with Gasteiger partial charge >= 0.3 is 5.69 Å². The highest BCUT2D eigenvalue weighted by molar-refractivity contribution is 7.16. The Bertz CT molecular complexity index is 723. The second kappa shape index (κ2) is 4.90. The summed E-state index contributed by atoms with van der Waals surface area (Å²) in [5, 5.41) is 16.2. The van der Waals surface area contributed by atoms with Crippen LogP contribution >= 0.6 is 22.7 Å². The van der Waals surface area contributed by atoms with Crippen LogP contribution in [-0.2, 0) is 6.54 Å². The molecule has 1 N–H and O–H groups in total. The molecule has 3 aromatic rings. The number of nitro groups is 1. The molecule has 0 amide bonds. The van der Waals surface area contributed by atoms with E-state index in [0.717, 1.165) is 10.4 Å². The molecule has 2 aromatic heterocycles. The van der Waals surface area contributed by atoms with Crippen molar-refractivity contribution in [1.82, 2.24) is 9.97 Å². The molecule has 96 valence electrons. The number of aromatic nitrogens is 2. The first-order valence-corrected chi connectivity index (χ1v) is 7.19. The van der Waals surface area contributed by atoms with Crippen LogP contribution in [0.4, 0.5) is 11.4 Å². The van der Waals surface area contributed by atoms with Gasteiger partial charge in [0.1, 0.15) is 5.69 Å². The summed E-state index contributed by atoms with van der Waals surface area (Å²) in [5.74, 6) is 0. The van der Waals surface area contributed by atoms with E-state index in [-0.39, 0.29) is 5.69 Å². The first-order chi connectivity index (χ1) is 9.25. The molecule has 0 fully saturated rings. The zero-order valence-corrected chi connectivity index (χ0v) is 11.2. The van der Waals surface area contributed by atoms with Crippen molar-refractivity contribution in [3.05, 3.63) is 44.3 Å². The topological polar surface area (TPSA) is 81.0 Å². The van der Waals surface area contributed by atoms with Gasteiger partial charge in [-0.1, -0.05) is 0 Å². The van der Waals surface area contributed by atoms with Crippen LogP contribution in [-0.4, -0.2) is 14.9 Å². The molecule has 19 heavy (non-hydrogen) atoms. The molecule has 0 spiro atoms. The average Bonchev–Trinajstić information content (AvgIpc) is 3.06. The number of anilines is 1. The number of rotatable bonds is 4. The van der Waals surface area contributed by atoms with Crippen LogP contribution in [0.1, 0.15) is 5.69 Å². The predicted octanol–water partition coefficient (Wildman–Crippen LogP) is 3.27. The SMILES string of the molecule is O=[N+]([O-])c1c(NCc2cscn2)ccc2scnc12. The van der Waals surface area contributed by atoms with E-state index < -0.39 is 4.92 Å². The molecule has 0 aliphatic rings. The lowest BCUT2D eigenvalue weighted by Gasteiger charge is -2.05. The lowest BCUT2D eigenvalue weighted by molar-refractivity contribution is -0.382. The van der Waals surface area contributed by atoms with Crippen LogP contribution in [0, 0.1) is 10.1 Å². The van der Waals surface area contributed by atoms with Crippen molar-refractivity contribution in [3.8, 4) is 0 Å². The Labute approximate surface area is 115 Å². The van der Waals surface area contributed by atoms with Crippen molar-refractivity contribution in [3.63, 3.8) is 0 Å². The van der Waals surface area contributed by atoms with Crippen LogP contribution in [0.3, 0.4) is 0 Å². The summed E-state index contributed by atoms with van der Waals surface area (Å²) in [7, 11) is 0. The number of fused-ring (bicyclic) bond motifs is 1. The van der Waals surface area contributed by atoms with E-state index in [4.69, 9.17) is 0 Å². The molecule has 0 aliphatic carbocycles. The van der Waals surface area contributed by atoms with E-state index >= 15 is 0 Å². The Morgan fingerprint density at radius 2 is 2.21 bits per heavy atom. The number of nitrogens with one attached hydrogen (secondary N) is 1. The molecular formula is C11H8N4O2S2. The zero-order chi connectivity index (χ0) is 13.2. The zero-order valence-electron chi connectivity index (χ0n) is 9.57. The average molecular weight is 292 g/mol. The van der Waals surface area contributed by atoms with Crippen molar-refractivity contribution >= 4 is 44.3 Å². The molecule has 0 unspecified atom stereocenters. The van der Waals surface area contributed by atoms with Crippen molar-refractivity contribution in [1.29, 1.82) is 0 Å². The van der Waals surface area contributed by atoms with Gasteiger partial charge in [0.25, 0.3) is 0 Å². The second-order valence-corrected chi connectivity index (χ2v) is 5.36. The van der Waals surface area contributed by atoms with Crippen LogP contribution in [0.5, 0.6) is 0 Å². The predicted molar refractivity (Wildman–Crippen MR) is 75.7 cm³/mol.